The molecule has 2 heterocycles. The molecule has 1 aliphatic rings. The number of aromatic nitrogens is 2. The first-order chi connectivity index (χ1) is 16.4. The van der Waals surface area contributed by atoms with Crippen molar-refractivity contribution in [3.05, 3.63) is 66.1 Å². The molecule has 1 amide bonds. The van der Waals surface area contributed by atoms with E-state index in [2.05, 4.69) is 10.3 Å². The van der Waals surface area contributed by atoms with Crippen molar-refractivity contribution in [3.8, 4) is 0 Å². The van der Waals surface area contributed by atoms with Crippen molar-refractivity contribution in [3.63, 3.8) is 0 Å². The number of carbonyl (C=O) groups excluding carboxylic acids is 1. The average molecular weight is 509 g/mol. The van der Waals surface area contributed by atoms with E-state index >= 15 is 0 Å². The summed E-state index contributed by atoms with van der Waals surface area (Å²) in [4.78, 5) is 16.6. The Morgan fingerprint density at radius 2 is 1.86 bits per heavy atom. The molecular weight excluding hydrogens is 485 g/mol. The largest absolute Gasteiger partial charge is 0.416 e. The van der Waals surface area contributed by atoms with Crippen LogP contribution in [0.25, 0.3) is 17.2 Å². The van der Waals surface area contributed by atoms with Crippen LogP contribution in [0.2, 0.25) is 0 Å². The van der Waals surface area contributed by atoms with Gasteiger partial charge in [-0.2, -0.15) is 17.5 Å². The van der Waals surface area contributed by atoms with Gasteiger partial charge in [0.2, 0.25) is 10.0 Å². The number of sulfonamides is 1. The van der Waals surface area contributed by atoms with Gasteiger partial charge in [0.05, 0.1) is 40.0 Å². The third-order valence-electron chi connectivity index (χ3n) is 5.47. The highest BCUT2D eigenvalue weighted by Gasteiger charge is 2.33. The quantitative estimate of drug-likeness (QED) is 0.567. The maximum absolute atomic E-state index is 13.1. The topological polar surface area (TPSA) is 93.5 Å². The Morgan fingerprint density at radius 3 is 2.54 bits per heavy atom. The van der Waals surface area contributed by atoms with Gasteiger partial charge in [-0.3, -0.25) is 4.79 Å². The van der Waals surface area contributed by atoms with Gasteiger partial charge in [0.15, 0.2) is 0 Å². The van der Waals surface area contributed by atoms with Gasteiger partial charge >= 0.3 is 6.18 Å². The lowest BCUT2D eigenvalue weighted by Gasteiger charge is -2.34. The van der Waals surface area contributed by atoms with Gasteiger partial charge in [0, 0.05) is 31.1 Å². The number of halogens is 3. The van der Waals surface area contributed by atoms with Gasteiger partial charge in [0.1, 0.15) is 0 Å². The van der Waals surface area contributed by atoms with Crippen molar-refractivity contribution in [2.24, 2.45) is 0 Å². The molecule has 1 fully saturated rings. The van der Waals surface area contributed by atoms with E-state index in [1.165, 1.54) is 57.9 Å². The number of nitrogens with one attached hydrogen (secondary N) is 1. The Bertz CT molecular complexity index is 1370. The van der Waals surface area contributed by atoms with Crippen LogP contribution in [0.15, 0.2) is 59.9 Å². The number of carbonyl (C=O) groups is 1. The number of morpholine rings is 1. The van der Waals surface area contributed by atoms with Crippen LogP contribution in [-0.2, 0) is 20.9 Å². The molecule has 1 N–H and O–H groups in total. The highest BCUT2D eigenvalue weighted by molar-refractivity contribution is 7.89. The smallest absolute Gasteiger partial charge is 0.373 e. The Balaban J connectivity index is 1.48. The van der Waals surface area contributed by atoms with E-state index in [0.29, 0.717) is 5.52 Å². The van der Waals surface area contributed by atoms with Crippen molar-refractivity contribution in [2.75, 3.05) is 13.1 Å². The van der Waals surface area contributed by atoms with Crippen LogP contribution in [0, 0.1) is 0 Å². The molecule has 2 aromatic carbocycles. The molecule has 0 spiro atoms. The fraction of sp³-hybridized carbons (Fsp3) is 0.304. The molecule has 0 bridgehead atoms. The van der Waals surface area contributed by atoms with Gasteiger partial charge in [-0.15, -0.1) is 0 Å². The number of benzene rings is 2. The summed E-state index contributed by atoms with van der Waals surface area (Å²) in [6.07, 6.45) is -0.910. The summed E-state index contributed by atoms with van der Waals surface area (Å²) >= 11 is 0. The van der Waals surface area contributed by atoms with E-state index in [0.717, 1.165) is 12.1 Å². The molecule has 35 heavy (non-hydrogen) atoms. The van der Waals surface area contributed by atoms with Gasteiger partial charge < -0.3 is 14.6 Å². The molecule has 0 unspecified atom stereocenters. The first-order valence-corrected chi connectivity index (χ1v) is 12.2. The van der Waals surface area contributed by atoms with E-state index in [4.69, 9.17) is 4.74 Å². The predicted molar refractivity (Wildman–Crippen MR) is 123 cm³/mol. The number of amides is 1. The molecule has 0 radical (unpaired) electrons. The predicted octanol–water partition coefficient (Wildman–Crippen LogP) is 3.71. The zero-order chi connectivity index (χ0) is 25.4. The van der Waals surface area contributed by atoms with Crippen molar-refractivity contribution in [1.29, 1.82) is 0 Å². The molecule has 3 aromatic rings. The van der Waals surface area contributed by atoms with Crippen molar-refractivity contribution in [2.45, 2.75) is 37.1 Å². The number of alkyl halides is 3. The number of nitrogens with zero attached hydrogens (tertiary/aromatic N) is 3. The minimum absolute atomic E-state index is 0.00324. The summed E-state index contributed by atoms with van der Waals surface area (Å²) in [7, 11) is -3.82. The van der Waals surface area contributed by atoms with Crippen LogP contribution in [0.3, 0.4) is 0 Å². The van der Waals surface area contributed by atoms with Crippen LogP contribution in [-0.4, -0.2) is 53.5 Å². The number of hydrogen-bond acceptors (Lipinski definition) is 5. The number of hydrogen-bond donors (Lipinski definition) is 1. The molecule has 186 valence electrons. The summed E-state index contributed by atoms with van der Waals surface area (Å²) in [5, 5.41) is 2.53. The normalized spacial score (nSPS) is 19.9. The van der Waals surface area contributed by atoms with Gasteiger partial charge in [0.25, 0.3) is 5.91 Å². The zero-order valence-electron chi connectivity index (χ0n) is 18.9. The first-order valence-electron chi connectivity index (χ1n) is 10.7. The van der Waals surface area contributed by atoms with Crippen molar-refractivity contribution >= 4 is 33.2 Å². The van der Waals surface area contributed by atoms with E-state index in [-0.39, 0.29) is 41.3 Å². The molecule has 2 atom stereocenters. The Kier molecular flexibility index (Phi) is 6.71. The summed E-state index contributed by atoms with van der Waals surface area (Å²) in [5.74, 6) is -0.550. The second-order valence-electron chi connectivity index (χ2n) is 8.25. The maximum Gasteiger partial charge on any atom is 0.416 e. The molecular formula is C23H23F3N4O4S. The first kappa shape index (κ1) is 24.9. The number of imidazole rings is 1. The molecule has 4 rings (SSSR count). The maximum atomic E-state index is 13.1. The Morgan fingerprint density at radius 1 is 1.14 bits per heavy atom. The second-order valence-corrected chi connectivity index (χ2v) is 10.2. The van der Waals surface area contributed by atoms with Crippen molar-refractivity contribution in [1.82, 2.24) is 19.2 Å². The molecule has 1 aliphatic heterocycles. The highest BCUT2D eigenvalue weighted by Crippen LogP contribution is 2.31. The third kappa shape index (κ3) is 5.39. The van der Waals surface area contributed by atoms with Gasteiger partial charge in [-0.1, -0.05) is 6.07 Å². The van der Waals surface area contributed by atoms with Crippen LogP contribution in [0.4, 0.5) is 13.2 Å². The second kappa shape index (κ2) is 9.44. The van der Waals surface area contributed by atoms with E-state index in [1.54, 1.807) is 13.8 Å². The summed E-state index contributed by atoms with van der Waals surface area (Å²) in [6, 6.07) is 8.89. The third-order valence-corrected chi connectivity index (χ3v) is 7.30. The molecule has 12 heteroatoms. The average Bonchev–Trinajstić information content (AvgIpc) is 3.20. The fourth-order valence-electron chi connectivity index (χ4n) is 3.88. The molecule has 0 saturated carbocycles. The number of ether oxygens (including phenoxy) is 1. The lowest BCUT2D eigenvalue weighted by molar-refractivity contribution is -0.137. The highest BCUT2D eigenvalue weighted by atomic mass is 32.2. The zero-order valence-corrected chi connectivity index (χ0v) is 19.7. The van der Waals surface area contributed by atoms with E-state index < -0.39 is 27.7 Å². The van der Waals surface area contributed by atoms with Gasteiger partial charge in [-0.25, -0.2) is 13.4 Å². The number of rotatable bonds is 5. The molecule has 0 aliphatic carbocycles. The van der Waals surface area contributed by atoms with Crippen molar-refractivity contribution < 1.29 is 31.1 Å². The number of fused-ring (bicyclic) bond motifs is 1. The van der Waals surface area contributed by atoms with Crippen LogP contribution >= 0.6 is 0 Å². The molecule has 1 aromatic heterocycles. The van der Waals surface area contributed by atoms with Crippen LogP contribution in [0.1, 0.15) is 29.8 Å². The fourth-order valence-corrected chi connectivity index (χ4v) is 5.51. The SMILES string of the molecule is C[C@H]1CN(S(=O)(=O)c2cccc(C(=O)N/C=C/n3cnc4cc(C(F)(F)F)ccc43)c2)C[C@H](C)O1. The Hall–Kier alpha value is -3.22. The Labute approximate surface area is 200 Å². The van der Waals surface area contributed by atoms with Gasteiger partial charge in [-0.05, 0) is 50.2 Å². The minimum Gasteiger partial charge on any atom is -0.373 e. The molecule has 1 saturated heterocycles. The minimum atomic E-state index is -4.47. The van der Waals surface area contributed by atoms with Crippen LogP contribution < -0.4 is 5.32 Å². The lowest BCUT2D eigenvalue weighted by Crippen LogP contribution is -2.48. The summed E-state index contributed by atoms with van der Waals surface area (Å²) in [6.45, 7) is 4.03. The summed E-state index contributed by atoms with van der Waals surface area (Å²) < 4.78 is 73.2. The van der Waals surface area contributed by atoms with E-state index in [1.807, 2.05) is 0 Å². The summed E-state index contributed by atoms with van der Waals surface area (Å²) in [5.41, 5.74) is -0.0928. The van der Waals surface area contributed by atoms with E-state index in [9.17, 15) is 26.4 Å². The monoisotopic (exact) mass is 508 g/mol. The lowest BCUT2D eigenvalue weighted by atomic mass is 10.2. The standard InChI is InChI=1S/C23H23F3N4O4S/c1-15-12-30(13-16(2)34-15)35(32,33)19-5-3-4-17(10-19)22(31)27-8-9-29-14-28-20-11-18(23(24,25)26)6-7-21(20)29/h3-11,14-16H,12-13H2,1-2H3,(H,27,31)/b9-8+/t15-,16-/m0/s1. The molecule has 8 nitrogen and oxygen atoms in total. The van der Waals surface area contributed by atoms with Crippen LogP contribution in [0.5, 0.6) is 0 Å².